The second-order valence-electron chi connectivity index (χ2n) is 5.78. The van der Waals surface area contributed by atoms with E-state index in [1.165, 1.54) is 5.56 Å². The van der Waals surface area contributed by atoms with Crippen molar-refractivity contribution in [2.24, 2.45) is 5.73 Å². The van der Waals surface area contributed by atoms with E-state index in [0.717, 1.165) is 29.8 Å². The third-order valence-electron chi connectivity index (χ3n) is 4.19. The lowest BCUT2D eigenvalue weighted by Crippen LogP contribution is -2.51. The zero-order chi connectivity index (χ0) is 15.7. The molecule has 0 spiro atoms. The average molecular weight is 304 g/mol. The SMILES string of the molecule is CCc1c[nH]c2ncnc(N3CC[C@](N)(CNC(=O)O)C3)c12. The number of carboxylic acid groups (broad SMARTS) is 1. The van der Waals surface area contributed by atoms with Gasteiger partial charge in [-0.3, -0.25) is 0 Å². The quantitative estimate of drug-likeness (QED) is 0.660. The number of nitrogens with zero attached hydrogens (tertiary/aromatic N) is 3. The van der Waals surface area contributed by atoms with Crippen LogP contribution < -0.4 is 16.0 Å². The summed E-state index contributed by atoms with van der Waals surface area (Å²) in [7, 11) is 0. The highest BCUT2D eigenvalue weighted by Gasteiger charge is 2.36. The van der Waals surface area contributed by atoms with E-state index in [1.807, 2.05) is 6.20 Å². The Bertz CT molecular complexity index is 700. The van der Waals surface area contributed by atoms with Crippen molar-refractivity contribution in [3.63, 3.8) is 0 Å². The summed E-state index contributed by atoms with van der Waals surface area (Å²) >= 11 is 0. The van der Waals surface area contributed by atoms with E-state index in [0.29, 0.717) is 13.0 Å². The van der Waals surface area contributed by atoms with Crippen molar-refractivity contribution < 1.29 is 9.90 Å². The molecule has 1 atom stereocenters. The standard InChI is InChI=1S/C14H20N6O2/c1-2-9-5-16-11-10(9)12(19-8-18-11)20-4-3-14(15,7-20)6-17-13(21)22/h5,8,17H,2-4,6-7,15H2,1H3,(H,21,22)(H,16,18,19)/t14-/m0/s1. The molecule has 5 N–H and O–H groups in total. The third-order valence-corrected chi connectivity index (χ3v) is 4.19. The van der Waals surface area contributed by atoms with Gasteiger partial charge in [0.1, 0.15) is 17.8 Å². The third kappa shape index (κ3) is 2.57. The molecular weight excluding hydrogens is 284 g/mol. The van der Waals surface area contributed by atoms with Crippen molar-refractivity contribution in [3.8, 4) is 0 Å². The fourth-order valence-corrected chi connectivity index (χ4v) is 3.00. The molecule has 1 aliphatic rings. The van der Waals surface area contributed by atoms with Gasteiger partial charge in [-0.15, -0.1) is 0 Å². The number of carbonyl (C=O) groups is 1. The number of aromatic nitrogens is 3. The summed E-state index contributed by atoms with van der Waals surface area (Å²) in [5.41, 5.74) is 7.72. The molecule has 3 rings (SSSR count). The Morgan fingerprint density at radius 2 is 2.41 bits per heavy atom. The van der Waals surface area contributed by atoms with Gasteiger partial charge in [0.15, 0.2) is 0 Å². The highest BCUT2D eigenvalue weighted by Crippen LogP contribution is 2.31. The van der Waals surface area contributed by atoms with Crippen LogP contribution in [0.4, 0.5) is 10.6 Å². The first-order valence-electron chi connectivity index (χ1n) is 7.34. The first-order valence-corrected chi connectivity index (χ1v) is 7.34. The number of rotatable bonds is 4. The lowest BCUT2D eigenvalue weighted by atomic mass is 10.0. The van der Waals surface area contributed by atoms with E-state index < -0.39 is 11.6 Å². The highest BCUT2D eigenvalue weighted by molar-refractivity contribution is 5.91. The smallest absolute Gasteiger partial charge is 0.404 e. The largest absolute Gasteiger partial charge is 0.465 e. The van der Waals surface area contributed by atoms with Crippen LogP contribution in [0.25, 0.3) is 11.0 Å². The second-order valence-corrected chi connectivity index (χ2v) is 5.78. The van der Waals surface area contributed by atoms with E-state index in [4.69, 9.17) is 10.8 Å². The number of anilines is 1. The fraction of sp³-hybridized carbons (Fsp3) is 0.500. The number of H-pyrrole nitrogens is 1. The van der Waals surface area contributed by atoms with Gasteiger partial charge in [0.2, 0.25) is 0 Å². The number of aromatic amines is 1. The predicted molar refractivity (Wildman–Crippen MR) is 83.0 cm³/mol. The Hall–Kier alpha value is -2.35. The van der Waals surface area contributed by atoms with E-state index in [2.05, 4.69) is 32.1 Å². The Morgan fingerprint density at radius 1 is 1.59 bits per heavy atom. The van der Waals surface area contributed by atoms with Crippen molar-refractivity contribution in [1.29, 1.82) is 0 Å². The monoisotopic (exact) mass is 304 g/mol. The number of fused-ring (bicyclic) bond motifs is 1. The minimum Gasteiger partial charge on any atom is -0.465 e. The zero-order valence-corrected chi connectivity index (χ0v) is 12.5. The molecule has 1 fully saturated rings. The van der Waals surface area contributed by atoms with Gasteiger partial charge < -0.3 is 26.0 Å². The number of aryl methyl sites for hydroxylation is 1. The van der Waals surface area contributed by atoms with Gasteiger partial charge in [0.05, 0.1) is 10.9 Å². The number of nitrogens with two attached hydrogens (primary N) is 1. The predicted octanol–water partition coefficient (Wildman–Crippen LogP) is 0.695. The fourth-order valence-electron chi connectivity index (χ4n) is 3.00. The molecule has 0 aliphatic carbocycles. The van der Waals surface area contributed by atoms with Gasteiger partial charge in [-0.25, -0.2) is 14.8 Å². The van der Waals surface area contributed by atoms with Crippen LogP contribution in [0.15, 0.2) is 12.5 Å². The van der Waals surface area contributed by atoms with Crippen LogP contribution in [0.2, 0.25) is 0 Å². The molecule has 1 aliphatic heterocycles. The Labute approximate surface area is 127 Å². The van der Waals surface area contributed by atoms with Crippen molar-refractivity contribution in [3.05, 3.63) is 18.1 Å². The molecule has 0 bridgehead atoms. The van der Waals surface area contributed by atoms with Crippen LogP contribution in [0.1, 0.15) is 18.9 Å². The maximum absolute atomic E-state index is 10.7. The van der Waals surface area contributed by atoms with Gasteiger partial charge in [-0.2, -0.15) is 0 Å². The first kappa shape index (κ1) is 14.6. The molecule has 0 saturated carbocycles. The first-order chi connectivity index (χ1) is 10.5. The topological polar surface area (TPSA) is 120 Å². The lowest BCUT2D eigenvalue weighted by molar-refractivity contribution is 0.191. The molecular formula is C14H20N6O2. The average Bonchev–Trinajstić information content (AvgIpc) is 3.09. The summed E-state index contributed by atoms with van der Waals surface area (Å²) in [5.74, 6) is 0.866. The maximum Gasteiger partial charge on any atom is 0.404 e. The van der Waals surface area contributed by atoms with E-state index in [1.54, 1.807) is 6.33 Å². The summed E-state index contributed by atoms with van der Waals surface area (Å²) in [4.78, 5) is 24.6. The van der Waals surface area contributed by atoms with Crippen LogP contribution in [0.3, 0.4) is 0 Å². The summed E-state index contributed by atoms with van der Waals surface area (Å²) < 4.78 is 0. The molecule has 2 aromatic heterocycles. The number of hydrogen-bond donors (Lipinski definition) is 4. The zero-order valence-electron chi connectivity index (χ0n) is 12.5. The van der Waals surface area contributed by atoms with Crippen LogP contribution in [-0.4, -0.2) is 51.3 Å². The van der Waals surface area contributed by atoms with Crippen LogP contribution in [0.5, 0.6) is 0 Å². The number of hydrogen-bond acceptors (Lipinski definition) is 5. The van der Waals surface area contributed by atoms with Crippen LogP contribution in [0, 0.1) is 0 Å². The van der Waals surface area contributed by atoms with Crippen LogP contribution in [-0.2, 0) is 6.42 Å². The van der Waals surface area contributed by atoms with Crippen molar-refractivity contribution in [2.45, 2.75) is 25.3 Å². The molecule has 8 nitrogen and oxygen atoms in total. The van der Waals surface area contributed by atoms with Gasteiger partial charge >= 0.3 is 6.09 Å². The molecule has 0 aromatic carbocycles. The molecule has 1 amide bonds. The molecule has 0 unspecified atom stereocenters. The van der Waals surface area contributed by atoms with Crippen molar-refractivity contribution in [1.82, 2.24) is 20.3 Å². The Morgan fingerprint density at radius 3 is 3.14 bits per heavy atom. The molecule has 118 valence electrons. The molecule has 8 heteroatoms. The van der Waals surface area contributed by atoms with Gasteiger partial charge in [-0.1, -0.05) is 6.92 Å². The normalized spacial score (nSPS) is 21.5. The van der Waals surface area contributed by atoms with Crippen molar-refractivity contribution >= 4 is 22.9 Å². The Balaban J connectivity index is 1.87. The second kappa shape index (κ2) is 5.45. The summed E-state index contributed by atoms with van der Waals surface area (Å²) in [6.45, 7) is 3.64. The molecule has 2 aromatic rings. The molecule has 22 heavy (non-hydrogen) atoms. The summed E-state index contributed by atoms with van der Waals surface area (Å²) in [6.07, 6.45) is 4.06. The van der Waals surface area contributed by atoms with Gasteiger partial charge in [0.25, 0.3) is 0 Å². The van der Waals surface area contributed by atoms with Crippen molar-refractivity contribution in [2.75, 3.05) is 24.5 Å². The minimum absolute atomic E-state index is 0.237. The maximum atomic E-state index is 10.7. The van der Waals surface area contributed by atoms with E-state index in [9.17, 15) is 4.79 Å². The van der Waals surface area contributed by atoms with E-state index in [-0.39, 0.29) is 6.54 Å². The Kier molecular flexibility index (Phi) is 3.61. The number of nitrogens with one attached hydrogen (secondary N) is 2. The number of amides is 1. The van der Waals surface area contributed by atoms with E-state index >= 15 is 0 Å². The summed E-state index contributed by atoms with van der Waals surface area (Å²) in [6, 6.07) is 0. The van der Waals surface area contributed by atoms with Crippen LogP contribution >= 0.6 is 0 Å². The molecule has 1 saturated heterocycles. The van der Waals surface area contributed by atoms with Gasteiger partial charge in [-0.05, 0) is 18.4 Å². The molecule has 0 radical (unpaired) electrons. The highest BCUT2D eigenvalue weighted by atomic mass is 16.4. The molecule has 3 heterocycles. The lowest BCUT2D eigenvalue weighted by Gasteiger charge is -2.25. The summed E-state index contributed by atoms with van der Waals surface area (Å²) in [5, 5.41) is 12.2. The van der Waals surface area contributed by atoms with Gasteiger partial charge in [0, 0.05) is 25.8 Å². The minimum atomic E-state index is -1.05.